The van der Waals surface area contributed by atoms with Crippen molar-refractivity contribution in [2.45, 2.75) is 32.6 Å². The zero-order chi connectivity index (χ0) is 15.1. The van der Waals surface area contributed by atoms with Crippen molar-refractivity contribution < 1.29 is 4.74 Å². The number of piperazine rings is 1. The number of nitrogens with zero attached hydrogens (tertiary/aromatic N) is 4. The first-order chi connectivity index (χ1) is 10.2. The molecule has 0 spiro atoms. The second kappa shape index (κ2) is 8.29. The lowest BCUT2D eigenvalue weighted by atomic mass is 10.1. The molecule has 0 atom stereocenters. The Hall–Kier alpha value is -1.20. The molecular formula is C16H28N4O. The predicted octanol–water partition coefficient (Wildman–Crippen LogP) is 2.15. The summed E-state index contributed by atoms with van der Waals surface area (Å²) in [5, 5.41) is 0. The Morgan fingerprint density at radius 2 is 1.95 bits per heavy atom. The van der Waals surface area contributed by atoms with E-state index in [0.29, 0.717) is 5.92 Å². The van der Waals surface area contributed by atoms with Crippen molar-refractivity contribution in [3.63, 3.8) is 0 Å². The van der Waals surface area contributed by atoms with Gasteiger partial charge in [0.1, 0.15) is 0 Å². The van der Waals surface area contributed by atoms with Gasteiger partial charge >= 0.3 is 0 Å². The van der Waals surface area contributed by atoms with Gasteiger partial charge in [0.15, 0.2) is 0 Å². The van der Waals surface area contributed by atoms with Crippen molar-refractivity contribution in [2.24, 2.45) is 0 Å². The Bertz CT molecular complexity index is 416. The summed E-state index contributed by atoms with van der Waals surface area (Å²) in [6, 6.07) is 2.01. The molecule has 118 valence electrons. The molecule has 21 heavy (non-hydrogen) atoms. The highest BCUT2D eigenvalue weighted by Gasteiger charge is 2.19. The molecule has 1 aliphatic rings. The summed E-state index contributed by atoms with van der Waals surface area (Å²) in [5.41, 5.74) is 1.13. The molecule has 5 nitrogen and oxygen atoms in total. The SMILES string of the molecule is COCCCCN1CCN(c2nccc(C(C)C)n2)CC1. The van der Waals surface area contributed by atoms with Gasteiger partial charge < -0.3 is 9.64 Å². The van der Waals surface area contributed by atoms with Gasteiger partial charge in [0.2, 0.25) is 5.95 Å². The van der Waals surface area contributed by atoms with Crippen molar-refractivity contribution in [3.05, 3.63) is 18.0 Å². The molecule has 5 heteroatoms. The van der Waals surface area contributed by atoms with E-state index in [9.17, 15) is 0 Å². The lowest BCUT2D eigenvalue weighted by molar-refractivity contribution is 0.182. The summed E-state index contributed by atoms with van der Waals surface area (Å²) in [6.45, 7) is 10.6. The number of anilines is 1. The molecule has 1 aromatic rings. The Labute approximate surface area is 128 Å². The molecule has 0 radical (unpaired) electrons. The minimum atomic E-state index is 0.453. The van der Waals surface area contributed by atoms with Gasteiger partial charge in [-0.25, -0.2) is 9.97 Å². The molecule has 1 aliphatic heterocycles. The fourth-order valence-electron chi connectivity index (χ4n) is 2.59. The predicted molar refractivity (Wildman–Crippen MR) is 85.9 cm³/mol. The second-order valence-corrected chi connectivity index (χ2v) is 5.96. The van der Waals surface area contributed by atoms with Crippen LogP contribution in [0.1, 0.15) is 38.3 Å². The average molecular weight is 292 g/mol. The van der Waals surface area contributed by atoms with E-state index in [1.165, 1.54) is 13.0 Å². The van der Waals surface area contributed by atoms with Crippen molar-refractivity contribution in [1.29, 1.82) is 0 Å². The Morgan fingerprint density at radius 3 is 2.62 bits per heavy atom. The van der Waals surface area contributed by atoms with Crippen LogP contribution in [-0.2, 0) is 4.74 Å². The van der Waals surface area contributed by atoms with Crippen LogP contribution in [0.2, 0.25) is 0 Å². The molecule has 0 N–H and O–H groups in total. The number of ether oxygens (including phenoxy) is 1. The lowest BCUT2D eigenvalue weighted by Gasteiger charge is -2.34. The maximum atomic E-state index is 5.09. The molecule has 0 aromatic carbocycles. The van der Waals surface area contributed by atoms with E-state index in [2.05, 4.69) is 33.6 Å². The van der Waals surface area contributed by atoms with Crippen LogP contribution in [0.25, 0.3) is 0 Å². The Morgan fingerprint density at radius 1 is 1.19 bits per heavy atom. The molecule has 1 saturated heterocycles. The van der Waals surface area contributed by atoms with Gasteiger partial charge in [0, 0.05) is 51.8 Å². The number of rotatable bonds is 7. The summed E-state index contributed by atoms with van der Waals surface area (Å²) in [4.78, 5) is 14.0. The van der Waals surface area contributed by atoms with E-state index >= 15 is 0 Å². The summed E-state index contributed by atoms with van der Waals surface area (Å²) in [7, 11) is 1.77. The van der Waals surface area contributed by atoms with Gasteiger partial charge in [-0.2, -0.15) is 0 Å². The summed E-state index contributed by atoms with van der Waals surface area (Å²) < 4.78 is 5.09. The van der Waals surface area contributed by atoms with E-state index in [1.54, 1.807) is 7.11 Å². The molecule has 0 aliphatic carbocycles. The highest BCUT2D eigenvalue weighted by Crippen LogP contribution is 2.16. The smallest absolute Gasteiger partial charge is 0.225 e. The number of hydrogen-bond donors (Lipinski definition) is 0. The Kier molecular flexibility index (Phi) is 6.39. The monoisotopic (exact) mass is 292 g/mol. The topological polar surface area (TPSA) is 41.5 Å². The van der Waals surface area contributed by atoms with E-state index in [4.69, 9.17) is 4.74 Å². The number of aromatic nitrogens is 2. The van der Waals surface area contributed by atoms with E-state index in [-0.39, 0.29) is 0 Å². The number of hydrogen-bond acceptors (Lipinski definition) is 5. The molecular weight excluding hydrogens is 264 g/mol. The van der Waals surface area contributed by atoms with Gasteiger partial charge in [-0.1, -0.05) is 13.8 Å². The zero-order valence-corrected chi connectivity index (χ0v) is 13.6. The summed E-state index contributed by atoms with van der Waals surface area (Å²) in [6.07, 6.45) is 4.25. The van der Waals surface area contributed by atoms with Gasteiger partial charge in [0.05, 0.1) is 0 Å². The first kappa shape index (κ1) is 16.2. The van der Waals surface area contributed by atoms with Crippen molar-refractivity contribution in [2.75, 3.05) is 51.3 Å². The molecule has 1 aromatic heterocycles. The van der Waals surface area contributed by atoms with Gasteiger partial charge in [0.25, 0.3) is 0 Å². The normalized spacial score (nSPS) is 16.7. The maximum absolute atomic E-state index is 5.09. The third-order valence-electron chi connectivity index (χ3n) is 3.98. The fraction of sp³-hybridized carbons (Fsp3) is 0.750. The molecule has 0 bridgehead atoms. The van der Waals surface area contributed by atoms with Crippen LogP contribution in [0.4, 0.5) is 5.95 Å². The van der Waals surface area contributed by atoms with E-state index in [1.807, 2.05) is 12.3 Å². The van der Waals surface area contributed by atoms with Crippen LogP contribution in [0.3, 0.4) is 0 Å². The molecule has 0 unspecified atom stereocenters. The van der Waals surface area contributed by atoms with Crippen molar-refractivity contribution in [1.82, 2.24) is 14.9 Å². The summed E-state index contributed by atoms with van der Waals surface area (Å²) in [5.74, 6) is 1.34. The molecule has 2 heterocycles. The number of unbranched alkanes of at least 4 members (excludes halogenated alkanes) is 1. The third-order valence-corrected chi connectivity index (χ3v) is 3.98. The molecule has 1 fully saturated rings. The lowest BCUT2D eigenvalue weighted by Crippen LogP contribution is -2.47. The van der Waals surface area contributed by atoms with Crippen molar-refractivity contribution >= 4 is 5.95 Å². The summed E-state index contributed by atoms with van der Waals surface area (Å²) >= 11 is 0. The minimum absolute atomic E-state index is 0.453. The highest BCUT2D eigenvalue weighted by atomic mass is 16.5. The van der Waals surface area contributed by atoms with Crippen LogP contribution >= 0.6 is 0 Å². The standard InChI is InChI=1S/C16H28N4O/c1-14(2)15-6-7-17-16(18-15)20-11-9-19(10-12-20)8-4-5-13-21-3/h6-7,14H,4-5,8-13H2,1-3H3. The quantitative estimate of drug-likeness (QED) is 0.720. The van der Waals surface area contributed by atoms with Crippen LogP contribution in [-0.4, -0.2) is 61.3 Å². The first-order valence-electron chi connectivity index (χ1n) is 8.00. The van der Waals surface area contributed by atoms with Crippen LogP contribution in [0.5, 0.6) is 0 Å². The van der Waals surface area contributed by atoms with Crippen LogP contribution < -0.4 is 4.90 Å². The highest BCUT2D eigenvalue weighted by molar-refractivity contribution is 5.31. The van der Waals surface area contributed by atoms with Crippen molar-refractivity contribution in [3.8, 4) is 0 Å². The average Bonchev–Trinajstić information content (AvgIpc) is 2.52. The van der Waals surface area contributed by atoms with Crippen LogP contribution in [0.15, 0.2) is 12.3 Å². The van der Waals surface area contributed by atoms with Gasteiger partial charge in [-0.3, -0.25) is 4.90 Å². The second-order valence-electron chi connectivity index (χ2n) is 5.96. The van der Waals surface area contributed by atoms with E-state index in [0.717, 1.165) is 50.8 Å². The Balaban J connectivity index is 1.79. The molecule has 2 rings (SSSR count). The molecule has 0 amide bonds. The maximum Gasteiger partial charge on any atom is 0.225 e. The zero-order valence-electron chi connectivity index (χ0n) is 13.6. The number of methoxy groups -OCH3 is 1. The first-order valence-corrected chi connectivity index (χ1v) is 8.00. The largest absolute Gasteiger partial charge is 0.385 e. The van der Waals surface area contributed by atoms with E-state index < -0.39 is 0 Å². The van der Waals surface area contributed by atoms with Gasteiger partial charge in [-0.15, -0.1) is 0 Å². The van der Waals surface area contributed by atoms with Gasteiger partial charge in [-0.05, 0) is 31.4 Å². The molecule has 0 saturated carbocycles. The fourth-order valence-corrected chi connectivity index (χ4v) is 2.59. The minimum Gasteiger partial charge on any atom is -0.385 e. The van der Waals surface area contributed by atoms with Crippen LogP contribution in [0, 0.1) is 0 Å². The third kappa shape index (κ3) is 4.93.